The molecule has 0 unspecified atom stereocenters. The molecule has 0 radical (unpaired) electrons. The molecule has 1 saturated carbocycles. The quantitative estimate of drug-likeness (QED) is 0.413. The molecular formula is C20H28F2. The third kappa shape index (κ3) is 4.18. The van der Waals surface area contributed by atoms with E-state index in [9.17, 15) is 8.78 Å². The van der Waals surface area contributed by atoms with Crippen molar-refractivity contribution in [3.05, 3.63) is 47.0 Å². The SMILES string of the molecule is CC=CC1CCC(c2ccc(CCCCC)c(F)c2F)CC1. The predicted octanol–water partition coefficient (Wildman–Crippen LogP) is 6.55. The van der Waals surface area contributed by atoms with Crippen LogP contribution in [0.2, 0.25) is 0 Å². The summed E-state index contributed by atoms with van der Waals surface area (Å²) in [7, 11) is 0. The van der Waals surface area contributed by atoms with Gasteiger partial charge >= 0.3 is 0 Å². The molecule has 0 nitrogen and oxygen atoms in total. The molecule has 1 aliphatic rings. The average molecular weight is 306 g/mol. The molecule has 0 aromatic heterocycles. The number of benzene rings is 1. The van der Waals surface area contributed by atoms with Crippen LogP contribution in [0.15, 0.2) is 24.3 Å². The van der Waals surface area contributed by atoms with Gasteiger partial charge in [-0.1, -0.05) is 44.1 Å². The zero-order valence-electron chi connectivity index (χ0n) is 13.9. The summed E-state index contributed by atoms with van der Waals surface area (Å²) < 4.78 is 28.7. The van der Waals surface area contributed by atoms with Gasteiger partial charge in [0.1, 0.15) is 0 Å². The lowest BCUT2D eigenvalue weighted by Gasteiger charge is -2.27. The molecular weight excluding hydrogens is 278 g/mol. The van der Waals surface area contributed by atoms with Crippen LogP contribution in [-0.2, 0) is 6.42 Å². The first kappa shape index (κ1) is 17.2. The van der Waals surface area contributed by atoms with Crippen molar-refractivity contribution in [2.75, 3.05) is 0 Å². The maximum Gasteiger partial charge on any atom is 0.162 e. The molecule has 0 spiro atoms. The maximum absolute atomic E-state index is 14.4. The minimum Gasteiger partial charge on any atom is -0.203 e. The molecule has 2 rings (SSSR count). The van der Waals surface area contributed by atoms with E-state index in [4.69, 9.17) is 0 Å². The van der Waals surface area contributed by atoms with Crippen molar-refractivity contribution in [2.45, 2.75) is 71.1 Å². The Labute approximate surface area is 133 Å². The first-order chi connectivity index (χ1) is 10.7. The van der Waals surface area contributed by atoms with Gasteiger partial charge in [0.15, 0.2) is 11.6 Å². The topological polar surface area (TPSA) is 0 Å². The van der Waals surface area contributed by atoms with E-state index in [1.807, 2.05) is 13.0 Å². The van der Waals surface area contributed by atoms with Gasteiger partial charge in [-0.2, -0.15) is 0 Å². The molecule has 122 valence electrons. The maximum atomic E-state index is 14.4. The van der Waals surface area contributed by atoms with Crippen molar-refractivity contribution in [2.24, 2.45) is 5.92 Å². The number of hydrogen-bond acceptors (Lipinski definition) is 0. The summed E-state index contributed by atoms with van der Waals surface area (Å²) in [5, 5.41) is 0. The van der Waals surface area contributed by atoms with Gasteiger partial charge < -0.3 is 0 Å². The minimum atomic E-state index is -0.607. The summed E-state index contributed by atoms with van der Waals surface area (Å²) in [5.74, 6) is -0.407. The van der Waals surface area contributed by atoms with Gasteiger partial charge in [0.2, 0.25) is 0 Å². The zero-order valence-corrected chi connectivity index (χ0v) is 13.9. The van der Waals surface area contributed by atoms with E-state index in [-0.39, 0.29) is 5.92 Å². The van der Waals surface area contributed by atoms with Crippen molar-refractivity contribution in [1.82, 2.24) is 0 Å². The monoisotopic (exact) mass is 306 g/mol. The highest BCUT2D eigenvalue weighted by atomic mass is 19.2. The molecule has 1 fully saturated rings. The van der Waals surface area contributed by atoms with Gasteiger partial charge in [-0.05, 0) is 68.4 Å². The van der Waals surface area contributed by atoms with Gasteiger partial charge in [-0.15, -0.1) is 0 Å². The van der Waals surface area contributed by atoms with E-state index >= 15 is 0 Å². The normalized spacial score (nSPS) is 22.4. The van der Waals surface area contributed by atoms with E-state index in [0.717, 1.165) is 44.9 Å². The lowest BCUT2D eigenvalue weighted by atomic mass is 9.78. The Bertz CT molecular complexity index is 497. The molecule has 0 aliphatic heterocycles. The molecule has 0 bridgehead atoms. The van der Waals surface area contributed by atoms with Gasteiger partial charge in [0, 0.05) is 0 Å². The lowest BCUT2D eigenvalue weighted by molar-refractivity contribution is 0.363. The van der Waals surface area contributed by atoms with Crippen molar-refractivity contribution in [3.8, 4) is 0 Å². The van der Waals surface area contributed by atoms with Crippen LogP contribution in [0, 0.1) is 17.6 Å². The second kappa shape index (κ2) is 8.45. The largest absolute Gasteiger partial charge is 0.203 e. The first-order valence-corrected chi connectivity index (χ1v) is 8.76. The number of allylic oxidation sites excluding steroid dienone is 2. The van der Waals surface area contributed by atoms with Crippen LogP contribution in [0.25, 0.3) is 0 Å². The molecule has 22 heavy (non-hydrogen) atoms. The predicted molar refractivity (Wildman–Crippen MR) is 89.1 cm³/mol. The van der Waals surface area contributed by atoms with Gasteiger partial charge in [0.05, 0.1) is 0 Å². The van der Waals surface area contributed by atoms with Crippen LogP contribution in [0.5, 0.6) is 0 Å². The third-order valence-electron chi connectivity index (χ3n) is 4.92. The van der Waals surface area contributed by atoms with Crippen LogP contribution >= 0.6 is 0 Å². The van der Waals surface area contributed by atoms with Crippen LogP contribution < -0.4 is 0 Å². The van der Waals surface area contributed by atoms with Crippen molar-refractivity contribution in [3.63, 3.8) is 0 Å². The van der Waals surface area contributed by atoms with Crippen LogP contribution in [0.1, 0.15) is 75.8 Å². The number of aryl methyl sites for hydroxylation is 1. The fourth-order valence-corrected chi connectivity index (χ4v) is 3.57. The average Bonchev–Trinajstić information content (AvgIpc) is 2.53. The Morgan fingerprint density at radius 1 is 1.05 bits per heavy atom. The van der Waals surface area contributed by atoms with Crippen LogP contribution in [-0.4, -0.2) is 0 Å². The molecule has 0 saturated heterocycles. The Hall–Kier alpha value is -1.18. The second-order valence-corrected chi connectivity index (χ2v) is 6.54. The smallest absolute Gasteiger partial charge is 0.162 e. The van der Waals surface area contributed by atoms with E-state index in [0.29, 0.717) is 23.5 Å². The molecule has 2 heteroatoms. The fourth-order valence-electron chi connectivity index (χ4n) is 3.57. The standard InChI is InChI=1S/C20H28F2/c1-3-5-6-8-17-13-14-18(20(22)19(17)21)16-11-9-15(7-4-2)10-12-16/h4,7,13-16H,3,5-6,8-12H2,1-2H3. The van der Waals surface area contributed by atoms with E-state index < -0.39 is 11.6 Å². The van der Waals surface area contributed by atoms with Gasteiger partial charge in [0.25, 0.3) is 0 Å². The molecule has 0 N–H and O–H groups in total. The van der Waals surface area contributed by atoms with Crippen LogP contribution in [0.4, 0.5) is 8.78 Å². The molecule has 0 amide bonds. The van der Waals surface area contributed by atoms with Gasteiger partial charge in [-0.25, -0.2) is 8.78 Å². The minimum absolute atomic E-state index is 0.181. The van der Waals surface area contributed by atoms with Crippen molar-refractivity contribution < 1.29 is 8.78 Å². The molecule has 1 aromatic carbocycles. The first-order valence-electron chi connectivity index (χ1n) is 8.76. The Morgan fingerprint density at radius 2 is 1.77 bits per heavy atom. The Morgan fingerprint density at radius 3 is 2.41 bits per heavy atom. The highest BCUT2D eigenvalue weighted by Crippen LogP contribution is 2.38. The number of rotatable bonds is 6. The molecule has 1 aromatic rings. The summed E-state index contributed by atoms with van der Waals surface area (Å²) >= 11 is 0. The molecule has 0 heterocycles. The number of halogens is 2. The molecule has 1 aliphatic carbocycles. The highest BCUT2D eigenvalue weighted by Gasteiger charge is 2.25. The van der Waals surface area contributed by atoms with E-state index in [1.54, 1.807) is 6.07 Å². The Balaban J connectivity index is 2.05. The number of hydrogen-bond donors (Lipinski definition) is 0. The second-order valence-electron chi connectivity index (χ2n) is 6.54. The third-order valence-corrected chi connectivity index (χ3v) is 4.92. The summed E-state index contributed by atoms with van der Waals surface area (Å²) in [4.78, 5) is 0. The molecule has 0 atom stereocenters. The van der Waals surface area contributed by atoms with Gasteiger partial charge in [-0.3, -0.25) is 0 Å². The Kier molecular flexibility index (Phi) is 6.60. The summed E-state index contributed by atoms with van der Waals surface area (Å²) in [6.07, 6.45) is 12.1. The van der Waals surface area contributed by atoms with Crippen molar-refractivity contribution >= 4 is 0 Å². The summed E-state index contributed by atoms with van der Waals surface area (Å²) in [5.41, 5.74) is 1.13. The zero-order chi connectivity index (χ0) is 15.9. The van der Waals surface area contributed by atoms with E-state index in [2.05, 4.69) is 19.1 Å². The highest BCUT2D eigenvalue weighted by molar-refractivity contribution is 5.29. The lowest BCUT2D eigenvalue weighted by Crippen LogP contribution is -2.14. The summed E-state index contributed by atoms with van der Waals surface area (Å²) in [6, 6.07) is 3.64. The van der Waals surface area contributed by atoms with Crippen LogP contribution in [0.3, 0.4) is 0 Å². The van der Waals surface area contributed by atoms with Crippen molar-refractivity contribution in [1.29, 1.82) is 0 Å². The number of unbranched alkanes of at least 4 members (excludes halogenated alkanes) is 2. The summed E-state index contributed by atoms with van der Waals surface area (Å²) in [6.45, 7) is 4.16. The van der Waals surface area contributed by atoms with E-state index in [1.165, 1.54) is 0 Å². The fraction of sp³-hybridized carbons (Fsp3) is 0.600.